The number of benzene rings is 1. The van der Waals surface area contributed by atoms with Crippen molar-refractivity contribution in [3.63, 3.8) is 0 Å². The summed E-state index contributed by atoms with van der Waals surface area (Å²) in [4.78, 5) is 1.26. The van der Waals surface area contributed by atoms with Crippen molar-refractivity contribution in [2.45, 2.75) is 37.2 Å². The molecule has 3 nitrogen and oxygen atoms in total. The number of fused-ring (bicyclic) bond motifs is 2. The van der Waals surface area contributed by atoms with Crippen LogP contribution in [0.15, 0.2) is 34.1 Å². The Hall–Kier alpha value is -0.940. The molecule has 2 aliphatic rings. The minimum atomic E-state index is -3.22. The van der Waals surface area contributed by atoms with Crippen LogP contribution in [0.5, 0.6) is 0 Å². The van der Waals surface area contributed by atoms with E-state index in [4.69, 9.17) is 4.74 Å². The smallest absolute Gasteiger partial charge is 0.183 e. The number of thioether (sulfide) groups is 1. The van der Waals surface area contributed by atoms with E-state index in [-0.39, 0.29) is 11.4 Å². The monoisotopic (exact) mass is 310 g/mol. The fourth-order valence-electron chi connectivity index (χ4n) is 2.78. The van der Waals surface area contributed by atoms with E-state index in [0.29, 0.717) is 4.90 Å². The van der Waals surface area contributed by atoms with Gasteiger partial charge in [-0.2, -0.15) is 0 Å². The highest BCUT2D eigenvalue weighted by molar-refractivity contribution is 8.04. The van der Waals surface area contributed by atoms with Gasteiger partial charge in [-0.25, -0.2) is 8.42 Å². The summed E-state index contributed by atoms with van der Waals surface area (Å²) < 4.78 is 30.9. The van der Waals surface area contributed by atoms with E-state index in [1.54, 1.807) is 23.9 Å². The van der Waals surface area contributed by atoms with Crippen molar-refractivity contribution in [2.75, 3.05) is 11.5 Å². The summed E-state index contributed by atoms with van der Waals surface area (Å²) in [5.74, 6) is 1.67. The predicted octanol–water partition coefficient (Wildman–Crippen LogP) is 3.46. The molecule has 3 rings (SSSR count). The van der Waals surface area contributed by atoms with Gasteiger partial charge in [0.1, 0.15) is 11.4 Å². The topological polar surface area (TPSA) is 43.4 Å². The highest BCUT2D eigenvalue weighted by Gasteiger charge is 2.39. The van der Waals surface area contributed by atoms with E-state index < -0.39 is 9.84 Å². The zero-order valence-corrected chi connectivity index (χ0v) is 13.3. The molecule has 20 heavy (non-hydrogen) atoms. The molecule has 0 radical (unpaired) electrons. The quantitative estimate of drug-likeness (QED) is 0.839. The Morgan fingerprint density at radius 3 is 2.85 bits per heavy atom. The largest absolute Gasteiger partial charge is 0.485 e. The molecule has 2 aliphatic heterocycles. The molecule has 0 amide bonds. The van der Waals surface area contributed by atoms with Crippen LogP contribution < -0.4 is 0 Å². The first kappa shape index (κ1) is 14.0. The van der Waals surface area contributed by atoms with Crippen LogP contribution in [0.2, 0.25) is 0 Å². The molecule has 0 aliphatic carbocycles. The summed E-state index contributed by atoms with van der Waals surface area (Å²) >= 11 is 1.64. The molecule has 0 saturated heterocycles. The van der Waals surface area contributed by atoms with Crippen LogP contribution in [0, 0.1) is 0 Å². The van der Waals surface area contributed by atoms with Crippen molar-refractivity contribution in [3.8, 4) is 0 Å². The molecule has 0 spiro atoms. The Morgan fingerprint density at radius 1 is 1.35 bits per heavy atom. The maximum Gasteiger partial charge on any atom is 0.183 e. The van der Waals surface area contributed by atoms with Crippen molar-refractivity contribution in [1.82, 2.24) is 0 Å². The van der Waals surface area contributed by atoms with Crippen molar-refractivity contribution >= 4 is 27.4 Å². The number of ether oxygens (including phenoxy) is 1. The van der Waals surface area contributed by atoms with E-state index in [1.807, 2.05) is 12.1 Å². The van der Waals surface area contributed by atoms with Gasteiger partial charge >= 0.3 is 0 Å². The Labute approximate surface area is 124 Å². The van der Waals surface area contributed by atoms with Crippen molar-refractivity contribution in [2.24, 2.45) is 0 Å². The summed E-state index contributed by atoms with van der Waals surface area (Å²) in [5.41, 5.74) is 0.523. The zero-order valence-electron chi connectivity index (χ0n) is 11.7. The van der Waals surface area contributed by atoms with Gasteiger partial charge in [-0.05, 0) is 25.5 Å². The van der Waals surface area contributed by atoms with E-state index in [2.05, 4.69) is 13.8 Å². The Balaban J connectivity index is 2.10. The first-order valence-electron chi connectivity index (χ1n) is 6.82. The Bertz CT molecular complexity index is 676. The van der Waals surface area contributed by atoms with Gasteiger partial charge in [0, 0.05) is 16.2 Å². The van der Waals surface area contributed by atoms with Crippen molar-refractivity contribution in [1.29, 1.82) is 0 Å². The van der Waals surface area contributed by atoms with E-state index in [0.717, 1.165) is 34.8 Å². The number of hydrogen-bond acceptors (Lipinski definition) is 4. The lowest BCUT2D eigenvalue weighted by molar-refractivity contribution is 0.0688. The van der Waals surface area contributed by atoms with Crippen LogP contribution in [0.3, 0.4) is 0 Å². The highest BCUT2D eigenvalue weighted by Crippen LogP contribution is 2.46. The van der Waals surface area contributed by atoms with Gasteiger partial charge in [-0.15, -0.1) is 11.8 Å². The standard InChI is InChI=1S/C15H18O3S2/c1-3-8-15(2)10-19-12-9-20(16,17)13-7-5-4-6-11(13)14(12)18-15/h4-7H,3,8-10H2,1-2H3. The van der Waals surface area contributed by atoms with E-state index >= 15 is 0 Å². The van der Waals surface area contributed by atoms with Crippen LogP contribution in [0.1, 0.15) is 32.3 Å². The summed E-state index contributed by atoms with van der Waals surface area (Å²) in [6.45, 7) is 4.25. The third-order valence-corrected chi connectivity index (χ3v) is 7.03. The summed E-state index contributed by atoms with van der Waals surface area (Å²) in [7, 11) is -3.22. The normalized spacial score (nSPS) is 27.5. The van der Waals surface area contributed by atoms with E-state index in [1.165, 1.54) is 0 Å². The number of rotatable bonds is 2. The number of hydrogen-bond donors (Lipinski definition) is 0. The Kier molecular flexibility index (Phi) is 3.37. The molecule has 0 saturated carbocycles. The first-order chi connectivity index (χ1) is 9.45. The molecule has 1 aromatic carbocycles. The SMILES string of the molecule is CCCC1(C)CSC2=C(O1)c1ccccc1S(=O)(=O)C2. The fourth-order valence-corrected chi connectivity index (χ4v) is 5.96. The molecule has 0 N–H and O–H groups in total. The lowest BCUT2D eigenvalue weighted by Crippen LogP contribution is -2.36. The van der Waals surface area contributed by atoms with Crippen molar-refractivity contribution in [3.05, 3.63) is 34.7 Å². The molecule has 1 aromatic rings. The summed E-state index contributed by atoms with van der Waals surface area (Å²) in [6.07, 6.45) is 2.03. The molecular weight excluding hydrogens is 292 g/mol. The van der Waals surface area contributed by atoms with Gasteiger partial charge in [0.05, 0.1) is 10.6 Å². The first-order valence-corrected chi connectivity index (χ1v) is 9.46. The second-order valence-corrected chi connectivity index (χ2v) is 8.63. The maximum atomic E-state index is 12.3. The van der Waals surface area contributed by atoms with Crippen LogP contribution in [-0.2, 0) is 14.6 Å². The third kappa shape index (κ3) is 2.27. The number of sulfone groups is 1. The molecule has 0 aromatic heterocycles. The second kappa shape index (κ2) is 4.81. The van der Waals surface area contributed by atoms with Gasteiger partial charge in [0.25, 0.3) is 0 Å². The minimum Gasteiger partial charge on any atom is -0.485 e. The second-order valence-electron chi connectivity index (χ2n) is 5.60. The van der Waals surface area contributed by atoms with E-state index in [9.17, 15) is 8.42 Å². The molecule has 5 heteroatoms. The third-order valence-electron chi connectivity index (χ3n) is 3.72. The van der Waals surface area contributed by atoms with Crippen molar-refractivity contribution < 1.29 is 13.2 Å². The van der Waals surface area contributed by atoms with Crippen LogP contribution >= 0.6 is 11.8 Å². The van der Waals surface area contributed by atoms with Crippen LogP contribution in [0.25, 0.3) is 5.76 Å². The molecular formula is C15H18O3S2. The lowest BCUT2D eigenvalue weighted by Gasteiger charge is -2.38. The van der Waals surface area contributed by atoms with Gasteiger partial charge in [-0.1, -0.05) is 25.5 Å². The predicted molar refractivity (Wildman–Crippen MR) is 82.3 cm³/mol. The summed E-state index contributed by atoms with van der Waals surface area (Å²) in [6, 6.07) is 7.15. The zero-order chi connectivity index (χ0) is 14.4. The molecule has 0 bridgehead atoms. The maximum absolute atomic E-state index is 12.3. The molecule has 108 valence electrons. The minimum absolute atomic E-state index is 0.0756. The Morgan fingerprint density at radius 2 is 2.10 bits per heavy atom. The lowest BCUT2D eigenvalue weighted by atomic mass is 10.0. The fraction of sp³-hybridized carbons (Fsp3) is 0.467. The molecule has 2 heterocycles. The molecule has 1 atom stereocenters. The van der Waals surface area contributed by atoms with Crippen LogP contribution in [0.4, 0.5) is 0 Å². The van der Waals surface area contributed by atoms with Gasteiger partial charge in [-0.3, -0.25) is 0 Å². The average molecular weight is 310 g/mol. The van der Waals surface area contributed by atoms with Gasteiger partial charge in [0.15, 0.2) is 9.84 Å². The summed E-state index contributed by atoms with van der Waals surface area (Å²) in [5, 5.41) is 0. The average Bonchev–Trinajstić information content (AvgIpc) is 2.40. The molecule has 1 unspecified atom stereocenters. The highest BCUT2D eigenvalue weighted by atomic mass is 32.2. The van der Waals surface area contributed by atoms with Crippen LogP contribution in [-0.4, -0.2) is 25.5 Å². The van der Waals surface area contributed by atoms with Gasteiger partial charge < -0.3 is 4.74 Å². The molecule has 0 fully saturated rings. The van der Waals surface area contributed by atoms with Gasteiger partial charge in [0.2, 0.25) is 0 Å².